The van der Waals surface area contributed by atoms with E-state index in [1.807, 2.05) is 19.9 Å². The average molecular weight is 521 g/mol. The molecule has 1 saturated heterocycles. The number of para-hydroxylation sites is 1. The highest BCUT2D eigenvalue weighted by atomic mass is 79.9. The molecule has 1 fully saturated rings. The van der Waals surface area contributed by atoms with Gasteiger partial charge in [-0.25, -0.2) is 18.6 Å². The van der Waals surface area contributed by atoms with Crippen molar-refractivity contribution >= 4 is 39.1 Å². The van der Waals surface area contributed by atoms with E-state index >= 15 is 0 Å². The van der Waals surface area contributed by atoms with Gasteiger partial charge in [0, 0.05) is 43.4 Å². The Morgan fingerprint density at radius 2 is 1.94 bits per heavy atom. The molecule has 0 amide bonds. The maximum Gasteiger partial charge on any atom is 0.337 e. The Kier molecular flexibility index (Phi) is 6.13. The summed E-state index contributed by atoms with van der Waals surface area (Å²) in [5.41, 5.74) is 2.12. The van der Waals surface area contributed by atoms with Crippen LogP contribution in [-0.4, -0.2) is 39.5 Å². The summed E-state index contributed by atoms with van der Waals surface area (Å²) >= 11 is 3.32. The number of aryl methyl sites for hydroxylation is 1. The predicted octanol–water partition coefficient (Wildman–Crippen LogP) is 4.87. The Bertz CT molecular complexity index is 1280. The lowest BCUT2D eigenvalue weighted by molar-refractivity contribution is -0.0221. The number of aromatic carboxylic acids is 1. The van der Waals surface area contributed by atoms with Crippen molar-refractivity contribution in [3.63, 3.8) is 0 Å². The van der Waals surface area contributed by atoms with E-state index in [1.54, 1.807) is 29.3 Å². The maximum absolute atomic E-state index is 13.7. The Labute approximate surface area is 197 Å². The molecule has 1 unspecified atom stereocenters. The first-order valence-electron chi connectivity index (χ1n) is 10.5. The fourth-order valence-corrected chi connectivity index (χ4v) is 4.59. The number of pyridine rings is 1. The Morgan fingerprint density at radius 3 is 2.61 bits per heavy atom. The van der Waals surface area contributed by atoms with Crippen molar-refractivity contribution in [1.29, 1.82) is 0 Å². The topological polar surface area (TPSA) is 86.9 Å². The number of rotatable bonds is 5. The highest BCUT2D eigenvalue weighted by molar-refractivity contribution is 9.10. The number of carboxylic acid groups (broad SMARTS) is 1. The number of hydrogen-bond acceptors (Lipinski definition) is 5. The van der Waals surface area contributed by atoms with Crippen LogP contribution >= 0.6 is 15.9 Å². The quantitative estimate of drug-likeness (QED) is 0.498. The lowest BCUT2D eigenvalue weighted by Gasteiger charge is -2.33. The largest absolute Gasteiger partial charge is 0.478 e. The summed E-state index contributed by atoms with van der Waals surface area (Å²) in [6, 6.07) is 8.05. The van der Waals surface area contributed by atoms with E-state index < -0.39 is 17.9 Å². The van der Waals surface area contributed by atoms with E-state index in [0.29, 0.717) is 22.7 Å². The number of halogens is 3. The number of fused-ring (bicyclic) bond motifs is 1. The van der Waals surface area contributed by atoms with Gasteiger partial charge in [0.2, 0.25) is 0 Å². The van der Waals surface area contributed by atoms with Gasteiger partial charge < -0.3 is 15.3 Å². The van der Waals surface area contributed by atoms with Crippen LogP contribution in [0.3, 0.4) is 0 Å². The number of nitrogens with zero attached hydrogens (tertiary/aromatic N) is 3. The van der Waals surface area contributed by atoms with E-state index in [4.69, 9.17) is 4.98 Å². The average Bonchev–Trinajstić information content (AvgIpc) is 2.76. The predicted molar refractivity (Wildman–Crippen MR) is 126 cm³/mol. The third-order valence-corrected chi connectivity index (χ3v) is 6.50. The molecule has 0 bridgehead atoms. The van der Waals surface area contributed by atoms with E-state index in [2.05, 4.69) is 21.2 Å². The van der Waals surface area contributed by atoms with Gasteiger partial charge in [0.25, 0.3) is 11.5 Å². The molecular weight excluding hydrogens is 498 g/mol. The van der Waals surface area contributed by atoms with Gasteiger partial charge >= 0.3 is 5.97 Å². The Hall–Kier alpha value is -3.01. The summed E-state index contributed by atoms with van der Waals surface area (Å²) in [6.07, 6.45) is 1.07. The SMILES string of the molecule is Cc1cc(C(C)Nc2ccccc2C(=O)O)c2nc(N3CCC(F)(F)CC3)c(Br)c(=O)n2c1. The van der Waals surface area contributed by atoms with Gasteiger partial charge in [-0.05, 0) is 53.5 Å². The van der Waals surface area contributed by atoms with Crippen LogP contribution in [0.2, 0.25) is 0 Å². The molecule has 4 rings (SSSR count). The van der Waals surface area contributed by atoms with E-state index in [9.17, 15) is 23.5 Å². The lowest BCUT2D eigenvalue weighted by Crippen LogP contribution is -2.40. The first kappa shape index (κ1) is 23.2. The number of nitrogens with one attached hydrogen (secondary N) is 1. The molecule has 33 heavy (non-hydrogen) atoms. The Balaban J connectivity index is 1.80. The third kappa shape index (κ3) is 4.57. The molecule has 174 valence electrons. The van der Waals surface area contributed by atoms with E-state index in [-0.39, 0.29) is 41.5 Å². The molecule has 2 aromatic heterocycles. The molecule has 0 spiro atoms. The van der Waals surface area contributed by atoms with Gasteiger partial charge in [0.05, 0.1) is 11.6 Å². The molecule has 10 heteroatoms. The summed E-state index contributed by atoms with van der Waals surface area (Å²) in [4.78, 5) is 31.2. The zero-order chi connectivity index (χ0) is 23.9. The Morgan fingerprint density at radius 1 is 1.27 bits per heavy atom. The minimum Gasteiger partial charge on any atom is -0.478 e. The fraction of sp³-hybridized carbons (Fsp3) is 0.348. The normalized spacial score (nSPS) is 16.6. The molecule has 0 aliphatic carbocycles. The number of benzene rings is 1. The monoisotopic (exact) mass is 520 g/mol. The van der Waals surface area contributed by atoms with Gasteiger partial charge in [0.1, 0.15) is 10.1 Å². The molecule has 1 aliphatic rings. The molecule has 7 nitrogen and oxygen atoms in total. The van der Waals surface area contributed by atoms with E-state index in [0.717, 1.165) is 5.56 Å². The van der Waals surface area contributed by atoms with Crippen molar-refractivity contribution in [2.45, 2.75) is 38.7 Å². The van der Waals surface area contributed by atoms with Gasteiger partial charge in [-0.3, -0.25) is 9.20 Å². The number of hydrogen-bond donors (Lipinski definition) is 2. The van der Waals surface area contributed by atoms with Crippen LogP contribution in [0.1, 0.15) is 47.3 Å². The van der Waals surface area contributed by atoms with Crippen LogP contribution in [0, 0.1) is 6.92 Å². The minimum absolute atomic E-state index is 0.0925. The van der Waals surface area contributed by atoms with Crippen LogP contribution in [0.5, 0.6) is 0 Å². The second-order valence-corrected chi connectivity index (χ2v) is 9.07. The van der Waals surface area contributed by atoms with Crippen molar-refractivity contribution in [2.75, 3.05) is 23.3 Å². The molecule has 3 aromatic rings. The maximum atomic E-state index is 13.7. The smallest absolute Gasteiger partial charge is 0.337 e. The third-order valence-electron chi connectivity index (χ3n) is 5.81. The number of aromatic nitrogens is 2. The highest BCUT2D eigenvalue weighted by Gasteiger charge is 2.35. The highest BCUT2D eigenvalue weighted by Crippen LogP contribution is 2.33. The van der Waals surface area contributed by atoms with Crippen molar-refractivity contribution in [3.8, 4) is 0 Å². The van der Waals surface area contributed by atoms with Crippen molar-refractivity contribution in [2.24, 2.45) is 0 Å². The van der Waals surface area contributed by atoms with Crippen LogP contribution in [0.15, 0.2) is 45.8 Å². The number of carboxylic acids is 1. The fourth-order valence-electron chi connectivity index (χ4n) is 4.06. The molecule has 1 aliphatic heterocycles. The lowest BCUT2D eigenvalue weighted by atomic mass is 10.1. The van der Waals surface area contributed by atoms with Crippen LogP contribution in [0.4, 0.5) is 20.3 Å². The van der Waals surface area contributed by atoms with Crippen LogP contribution < -0.4 is 15.8 Å². The zero-order valence-electron chi connectivity index (χ0n) is 18.1. The second kappa shape index (κ2) is 8.74. The summed E-state index contributed by atoms with van der Waals surface area (Å²) in [5, 5.41) is 12.7. The molecular formula is C23H23BrF2N4O3. The number of anilines is 2. The number of alkyl halides is 2. The first-order valence-corrected chi connectivity index (χ1v) is 11.3. The summed E-state index contributed by atoms with van der Waals surface area (Å²) in [7, 11) is 0. The van der Waals surface area contributed by atoms with Crippen LogP contribution in [0.25, 0.3) is 5.65 Å². The molecule has 3 heterocycles. The molecule has 0 radical (unpaired) electrons. The van der Waals surface area contributed by atoms with Gasteiger partial charge in [0.15, 0.2) is 5.82 Å². The molecule has 1 atom stereocenters. The van der Waals surface area contributed by atoms with Crippen molar-refractivity contribution in [1.82, 2.24) is 9.38 Å². The summed E-state index contributed by atoms with van der Waals surface area (Å²) in [6.45, 7) is 3.88. The van der Waals surface area contributed by atoms with Gasteiger partial charge in [-0.1, -0.05) is 12.1 Å². The van der Waals surface area contributed by atoms with Gasteiger partial charge in [-0.2, -0.15) is 0 Å². The first-order chi connectivity index (χ1) is 15.6. The summed E-state index contributed by atoms with van der Waals surface area (Å²) in [5.74, 6) is -3.44. The zero-order valence-corrected chi connectivity index (χ0v) is 19.7. The van der Waals surface area contributed by atoms with Crippen molar-refractivity contribution < 1.29 is 18.7 Å². The number of carbonyl (C=O) groups is 1. The van der Waals surface area contributed by atoms with Gasteiger partial charge in [-0.15, -0.1) is 0 Å². The minimum atomic E-state index is -2.72. The number of piperidine rings is 1. The summed E-state index contributed by atoms with van der Waals surface area (Å²) < 4.78 is 29.0. The molecule has 2 N–H and O–H groups in total. The van der Waals surface area contributed by atoms with Crippen LogP contribution in [-0.2, 0) is 0 Å². The second-order valence-electron chi connectivity index (χ2n) is 8.28. The standard InChI is InChI=1S/C23H23BrF2N4O3/c1-13-11-16(14(2)27-17-6-4-3-5-15(17)22(32)33)19-28-20(18(24)21(31)30(19)12-13)29-9-7-23(25,26)8-10-29/h3-6,11-12,14,27H,7-10H2,1-2H3,(H,32,33). The van der Waals surface area contributed by atoms with E-state index in [1.165, 1.54) is 10.5 Å². The molecule has 1 aromatic carbocycles. The molecule has 0 saturated carbocycles. The van der Waals surface area contributed by atoms with Crippen molar-refractivity contribution in [3.05, 3.63) is 68.0 Å².